The summed E-state index contributed by atoms with van der Waals surface area (Å²) >= 11 is 0. The molecule has 3 N–H and O–H groups in total. The smallest absolute Gasteiger partial charge is 0.141 e. The Morgan fingerprint density at radius 2 is 2.16 bits per heavy atom. The number of hydrogen-bond donors (Lipinski definition) is 2. The van der Waals surface area contributed by atoms with Gasteiger partial charge in [0.1, 0.15) is 5.82 Å². The Bertz CT molecular complexity index is 527. The SMILES string of the molecule is CCCNC(c1ccc(F)cn1)c1cnccc1N. The third-order valence-corrected chi connectivity index (χ3v) is 2.84. The number of hydrogen-bond acceptors (Lipinski definition) is 4. The molecule has 0 aliphatic heterocycles. The number of aromatic nitrogens is 2. The van der Waals surface area contributed by atoms with Gasteiger partial charge in [-0.1, -0.05) is 6.92 Å². The van der Waals surface area contributed by atoms with Crippen LogP contribution in [0, 0.1) is 5.82 Å². The molecule has 1 unspecified atom stereocenters. The lowest BCUT2D eigenvalue weighted by molar-refractivity contribution is 0.576. The summed E-state index contributed by atoms with van der Waals surface area (Å²) < 4.78 is 13.0. The molecule has 2 aromatic heterocycles. The first kappa shape index (κ1) is 13.4. The summed E-state index contributed by atoms with van der Waals surface area (Å²) in [6.45, 7) is 2.90. The highest BCUT2D eigenvalue weighted by Crippen LogP contribution is 2.24. The Kier molecular flexibility index (Phi) is 4.41. The van der Waals surface area contributed by atoms with E-state index in [-0.39, 0.29) is 11.9 Å². The van der Waals surface area contributed by atoms with Crippen molar-refractivity contribution in [3.8, 4) is 0 Å². The third-order valence-electron chi connectivity index (χ3n) is 2.84. The topological polar surface area (TPSA) is 63.8 Å². The standard InChI is InChI=1S/C14H17FN4/c1-2-6-18-14(11-9-17-7-5-12(11)16)13-4-3-10(15)8-19-13/h3-5,7-9,14,18H,2,6H2,1H3,(H2,16,17). The van der Waals surface area contributed by atoms with Gasteiger partial charge >= 0.3 is 0 Å². The molecule has 5 heteroatoms. The van der Waals surface area contributed by atoms with Crippen LogP contribution in [0.1, 0.15) is 30.6 Å². The Labute approximate surface area is 111 Å². The summed E-state index contributed by atoms with van der Waals surface area (Å²) in [4.78, 5) is 8.22. The Hall–Kier alpha value is -2.01. The average Bonchev–Trinajstić information content (AvgIpc) is 2.43. The van der Waals surface area contributed by atoms with Crippen LogP contribution in [0.4, 0.5) is 10.1 Å². The van der Waals surface area contributed by atoms with Crippen LogP contribution in [-0.4, -0.2) is 16.5 Å². The van der Waals surface area contributed by atoms with Crippen LogP contribution in [0.3, 0.4) is 0 Å². The summed E-state index contributed by atoms with van der Waals surface area (Å²) in [5.41, 5.74) is 8.21. The van der Waals surface area contributed by atoms with Gasteiger partial charge in [-0.3, -0.25) is 9.97 Å². The molecule has 0 amide bonds. The molecule has 0 saturated carbocycles. The molecule has 0 aromatic carbocycles. The number of pyridine rings is 2. The first-order valence-electron chi connectivity index (χ1n) is 6.26. The fraction of sp³-hybridized carbons (Fsp3) is 0.286. The number of nitrogens with two attached hydrogens (primary N) is 1. The van der Waals surface area contributed by atoms with E-state index >= 15 is 0 Å². The zero-order chi connectivity index (χ0) is 13.7. The molecule has 0 spiro atoms. The van der Waals surface area contributed by atoms with Gasteiger partial charge in [-0.25, -0.2) is 4.39 Å². The maximum Gasteiger partial charge on any atom is 0.141 e. The lowest BCUT2D eigenvalue weighted by atomic mass is 10.0. The monoisotopic (exact) mass is 260 g/mol. The number of nitrogens with one attached hydrogen (secondary N) is 1. The molecule has 4 nitrogen and oxygen atoms in total. The number of halogens is 1. The number of anilines is 1. The minimum Gasteiger partial charge on any atom is -0.398 e. The van der Waals surface area contributed by atoms with E-state index < -0.39 is 0 Å². The Morgan fingerprint density at radius 3 is 2.79 bits per heavy atom. The van der Waals surface area contributed by atoms with Crippen molar-refractivity contribution >= 4 is 5.69 Å². The highest BCUT2D eigenvalue weighted by molar-refractivity contribution is 5.48. The largest absolute Gasteiger partial charge is 0.398 e. The maximum atomic E-state index is 13.0. The van der Waals surface area contributed by atoms with Crippen LogP contribution < -0.4 is 11.1 Å². The van der Waals surface area contributed by atoms with Crippen molar-refractivity contribution in [3.05, 3.63) is 53.9 Å². The molecule has 2 rings (SSSR count). The van der Waals surface area contributed by atoms with Crippen LogP contribution >= 0.6 is 0 Å². The quantitative estimate of drug-likeness (QED) is 0.865. The summed E-state index contributed by atoms with van der Waals surface area (Å²) in [5.74, 6) is -0.350. The van der Waals surface area contributed by atoms with Crippen LogP contribution in [0.25, 0.3) is 0 Å². The van der Waals surface area contributed by atoms with E-state index in [1.54, 1.807) is 24.5 Å². The zero-order valence-corrected chi connectivity index (χ0v) is 10.8. The molecule has 0 fully saturated rings. The molecule has 0 saturated heterocycles. The maximum absolute atomic E-state index is 13.0. The van der Waals surface area contributed by atoms with Gasteiger partial charge in [-0.15, -0.1) is 0 Å². The number of rotatable bonds is 5. The molecule has 0 aliphatic rings. The average molecular weight is 260 g/mol. The highest BCUT2D eigenvalue weighted by atomic mass is 19.1. The predicted molar refractivity (Wildman–Crippen MR) is 73.0 cm³/mol. The van der Waals surface area contributed by atoms with E-state index in [2.05, 4.69) is 22.2 Å². The van der Waals surface area contributed by atoms with E-state index in [9.17, 15) is 4.39 Å². The van der Waals surface area contributed by atoms with Gasteiger partial charge in [0.25, 0.3) is 0 Å². The second-order valence-corrected chi connectivity index (χ2v) is 4.29. The van der Waals surface area contributed by atoms with Crippen molar-refractivity contribution in [3.63, 3.8) is 0 Å². The normalized spacial score (nSPS) is 12.3. The Balaban J connectivity index is 2.35. The fourth-order valence-corrected chi connectivity index (χ4v) is 1.88. The molecule has 0 bridgehead atoms. The van der Waals surface area contributed by atoms with Gasteiger partial charge < -0.3 is 11.1 Å². The molecular formula is C14H17FN4. The first-order valence-corrected chi connectivity index (χ1v) is 6.26. The molecule has 2 aromatic rings. The summed E-state index contributed by atoms with van der Waals surface area (Å²) in [7, 11) is 0. The highest BCUT2D eigenvalue weighted by Gasteiger charge is 2.17. The number of nitrogen functional groups attached to an aromatic ring is 1. The molecular weight excluding hydrogens is 243 g/mol. The van der Waals surface area contributed by atoms with E-state index in [0.29, 0.717) is 5.69 Å². The van der Waals surface area contributed by atoms with Gasteiger partial charge in [0, 0.05) is 23.6 Å². The van der Waals surface area contributed by atoms with Crippen LogP contribution in [0.15, 0.2) is 36.8 Å². The second-order valence-electron chi connectivity index (χ2n) is 4.29. The second kappa shape index (κ2) is 6.24. The minimum absolute atomic E-state index is 0.172. The zero-order valence-electron chi connectivity index (χ0n) is 10.8. The van der Waals surface area contributed by atoms with Crippen LogP contribution in [0.2, 0.25) is 0 Å². The van der Waals surface area contributed by atoms with E-state index in [1.807, 2.05) is 0 Å². The third kappa shape index (κ3) is 3.26. The van der Waals surface area contributed by atoms with Crippen molar-refractivity contribution in [2.24, 2.45) is 0 Å². The first-order chi connectivity index (χ1) is 9.22. The predicted octanol–water partition coefficient (Wildman–Crippen LogP) is 2.29. The van der Waals surface area contributed by atoms with E-state index in [4.69, 9.17) is 5.73 Å². The van der Waals surface area contributed by atoms with Gasteiger partial charge in [0.05, 0.1) is 17.9 Å². The Morgan fingerprint density at radius 1 is 1.32 bits per heavy atom. The fourth-order valence-electron chi connectivity index (χ4n) is 1.88. The molecule has 2 heterocycles. The van der Waals surface area contributed by atoms with Gasteiger partial charge in [-0.05, 0) is 31.2 Å². The molecule has 1 atom stereocenters. The van der Waals surface area contributed by atoms with Crippen LogP contribution in [0.5, 0.6) is 0 Å². The van der Waals surface area contributed by atoms with Crippen molar-refractivity contribution < 1.29 is 4.39 Å². The summed E-state index contributed by atoms with van der Waals surface area (Å²) in [5, 5.41) is 3.36. The van der Waals surface area contributed by atoms with Crippen molar-refractivity contribution in [1.82, 2.24) is 15.3 Å². The number of nitrogens with zero attached hydrogens (tertiary/aromatic N) is 2. The molecule has 0 aliphatic carbocycles. The van der Waals surface area contributed by atoms with Crippen LogP contribution in [-0.2, 0) is 0 Å². The van der Waals surface area contributed by atoms with E-state index in [1.165, 1.54) is 12.3 Å². The van der Waals surface area contributed by atoms with Crippen molar-refractivity contribution in [1.29, 1.82) is 0 Å². The molecule has 0 radical (unpaired) electrons. The lowest BCUT2D eigenvalue weighted by Gasteiger charge is -2.19. The van der Waals surface area contributed by atoms with Crippen molar-refractivity contribution in [2.75, 3.05) is 12.3 Å². The molecule has 19 heavy (non-hydrogen) atoms. The van der Waals surface area contributed by atoms with Gasteiger partial charge in [-0.2, -0.15) is 0 Å². The minimum atomic E-state index is -0.350. The lowest BCUT2D eigenvalue weighted by Crippen LogP contribution is -2.25. The summed E-state index contributed by atoms with van der Waals surface area (Å²) in [6, 6.07) is 4.64. The van der Waals surface area contributed by atoms with E-state index in [0.717, 1.165) is 24.2 Å². The summed E-state index contributed by atoms with van der Waals surface area (Å²) in [6.07, 6.45) is 5.56. The van der Waals surface area contributed by atoms with Gasteiger partial charge in [0.15, 0.2) is 0 Å². The van der Waals surface area contributed by atoms with Crippen molar-refractivity contribution in [2.45, 2.75) is 19.4 Å². The molecule has 100 valence electrons. The van der Waals surface area contributed by atoms with Gasteiger partial charge in [0.2, 0.25) is 0 Å².